The number of rotatable bonds is 4. The summed E-state index contributed by atoms with van der Waals surface area (Å²) in [6, 6.07) is 21.0. The monoisotopic (exact) mass is 413 g/mol. The number of phenols is 1. The minimum atomic E-state index is -0.945. The Morgan fingerprint density at radius 2 is 1.45 bits per heavy atom. The fourth-order valence-corrected chi connectivity index (χ4v) is 3.51. The molecular formula is C25H17F2N3O. The first-order valence-corrected chi connectivity index (χ1v) is 9.73. The van der Waals surface area contributed by atoms with Crippen molar-refractivity contribution >= 4 is 0 Å². The predicted octanol–water partition coefficient (Wildman–Crippen LogP) is 5.75. The van der Waals surface area contributed by atoms with Gasteiger partial charge in [-0.15, -0.1) is 0 Å². The molecule has 1 N–H and O–H groups in total. The minimum Gasteiger partial charge on any atom is -0.508 e. The number of fused-ring (bicyclic) bond motifs is 1. The van der Waals surface area contributed by atoms with E-state index >= 15 is 0 Å². The van der Waals surface area contributed by atoms with E-state index in [1.807, 2.05) is 59.4 Å². The summed E-state index contributed by atoms with van der Waals surface area (Å²) < 4.78 is 29.6. The molecule has 0 saturated carbocycles. The smallest absolute Gasteiger partial charge is 0.169 e. The number of imidazole rings is 1. The third-order valence-electron chi connectivity index (χ3n) is 5.14. The van der Waals surface area contributed by atoms with Gasteiger partial charge in [0.15, 0.2) is 17.5 Å². The number of pyridine rings is 1. The SMILES string of the molecule is Oc1ccc(-c2ccc(Cn3ccc4nc(-c5cccc(F)c5F)nc-4c3)cc2)cc1. The second-order valence-corrected chi connectivity index (χ2v) is 7.28. The lowest BCUT2D eigenvalue weighted by Gasteiger charge is -2.09. The van der Waals surface area contributed by atoms with Crippen molar-refractivity contribution in [1.29, 1.82) is 0 Å². The van der Waals surface area contributed by atoms with Gasteiger partial charge in [0.25, 0.3) is 0 Å². The summed E-state index contributed by atoms with van der Waals surface area (Å²) in [5, 5.41) is 9.43. The Bertz CT molecular complexity index is 1330. The van der Waals surface area contributed by atoms with Crippen molar-refractivity contribution in [1.82, 2.24) is 14.5 Å². The zero-order valence-electron chi connectivity index (χ0n) is 16.3. The van der Waals surface area contributed by atoms with Gasteiger partial charge in [-0.05, 0) is 47.0 Å². The summed E-state index contributed by atoms with van der Waals surface area (Å²) in [4.78, 5) is 8.72. The fraction of sp³-hybridized carbons (Fsp3) is 0.0400. The van der Waals surface area contributed by atoms with Crippen LogP contribution in [0.25, 0.3) is 33.9 Å². The molecule has 0 aliphatic carbocycles. The maximum Gasteiger partial charge on any atom is 0.169 e. The molecule has 0 spiro atoms. The van der Waals surface area contributed by atoms with Crippen LogP contribution >= 0.6 is 0 Å². The zero-order valence-corrected chi connectivity index (χ0v) is 16.3. The molecular weight excluding hydrogens is 396 g/mol. The summed E-state index contributed by atoms with van der Waals surface area (Å²) in [6.45, 7) is 0.627. The van der Waals surface area contributed by atoms with E-state index in [4.69, 9.17) is 0 Å². The minimum absolute atomic E-state index is 0.0487. The fourth-order valence-electron chi connectivity index (χ4n) is 3.51. The number of nitrogens with zero attached hydrogens (tertiary/aromatic N) is 3. The van der Waals surface area contributed by atoms with Crippen molar-refractivity contribution in [3.05, 3.63) is 102 Å². The summed E-state index contributed by atoms with van der Waals surface area (Å²) in [6.07, 6.45) is 3.73. The van der Waals surface area contributed by atoms with Gasteiger partial charge in [0.2, 0.25) is 0 Å². The molecule has 0 atom stereocenters. The first-order valence-electron chi connectivity index (χ1n) is 9.73. The van der Waals surface area contributed by atoms with Crippen LogP contribution in [0, 0.1) is 11.6 Å². The molecule has 0 fully saturated rings. The highest BCUT2D eigenvalue weighted by molar-refractivity contribution is 5.66. The van der Waals surface area contributed by atoms with Crippen LogP contribution in [0.4, 0.5) is 8.78 Å². The highest BCUT2D eigenvalue weighted by Gasteiger charge is 2.17. The van der Waals surface area contributed by atoms with E-state index in [2.05, 4.69) is 9.97 Å². The Morgan fingerprint density at radius 3 is 2.19 bits per heavy atom. The van der Waals surface area contributed by atoms with Gasteiger partial charge in [0.05, 0.1) is 11.3 Å². The first kappa shape index (κ1) is 18.9. The van der Waals surface area contributed by atoms with Crippen LogP contribution in [0.15, 0.2) is 85.2 Å². The van der Waals surface area contributed by atoms with E-state index in [-0.39, 0.29) is 17.1 Å². The lowest BCUT2D eigenvalue weighted by molar-refractivity contribution is 0.475. The number of hydrogen-bond donors (Lipinski definition) is 1. The maximum absolute atomic E-state index is 14.1. The van der Waals surface area contributed by atoms with Crippen LogP contribution in [0.3, 0.4) is 0 Å². The molecule has 0 saturated heterocycles. The molecule has 5 rings (SSSR count). The summed E-state index contributed by atoms with van der Waals surface area (Å²) in [7, 11) is 0. The highest BCUT2D eigenvalue weighted by Crippen LogP contribution is 2.28. The number of phenolic OH excluding ortho intramolecular Hbond substituents is 1. The number of aromatic hydroxyl groups is 1. The molecule has 3 aromatic carbocycles. The van der Waals surface area contributed by atoms with Crippen molar-refractivity contribution in [3.8, 4) is 39.7 Å². The van der Waals surface area contributed by atoms with Crippen molar-refractivity contribution in [3.63, 3.8) is 0 Å². The maximum atomic E-state index is 14.1. The number of aromatic nitrogens is 3. The van der Waals surface area contributed by atoms with Gasteiger partial charge in [-0.1, -0.05) is 42.5 Å². The van der Waals surface area contributed by atoms with E-state index in [0.717, 1.165) is 22.8 Å². The van der Waals surface area contributed by atoms with Crippen LogP contribution in [0.1, 0.15) is 5.56 Å². The van der Waals surface area contributed by atoms with Crippen LogP contribution in [-0.4, -0.2) is 19.6 Å². The molecule has 31 heavy (non-hydrogen) atoms. The second-order valence-electron chi connectivity index (χ2n) is 7.28. The number of halogens is 2. The summed E-state index contributed by atoms with van der Waals surface area (Å²) in [5.74, 6) is -1.45. The Balaban J connectivity index is 1.39. The Labute approximate surface area is 177 Å². The van der Waals surface area contributed by atoms with E-state index in [0.29, 0.717) is 17.9 Å². The highest BCUT2D eigenvalue weighted by atomic mass is 19.2. The molecule has 2 heterocycles. The van der Waals surface area contributed by atoms with Crippen molar-refractivity contribution in [2.45, 2.75) is 6.54 Å². The summed E-state index contributed by atoms with van der Waals surface area (Å²) >= 11 is 0. The lowest BCUT2D eigenvalue weighted by Crippen LogP contribution is -2.00. The first-order chi connectivity index (χ1) is 15.1. The van der Waals surface area contributed by atoms with Crippen LogP contribution in [-0.2, 0) is 6.54 Å². The van der Waals surface area contributed by atoms with Gasteiger partial charge in [0, 0.05) is 18.9 Å². The Morgan fingerprint density at radius 1 is 0.774 bits per heavy atom. The second kappa shape index (κ2) is 7.65. The molecule has 0 unspecified atom stereocenters. The van der Waals surface area contributed by atoms with E-state index in [9.17, 15) is 13.9 Å². The standard InChI is InChI=1S/C25H17F2N3O/c26-21-3-1-2-20(24(21)27)25-28-22-12-13-30(15-23(22)29-25)14-16-4-6-17(7-5-16)18-8-10-19(31)11-9-18/h1-13,15,31H,14H2. The largest absolute Gasteiger partial charge is 0.508 e. The molecule has 4 nitrogen and oxygen atoms in total. The van der Waals surface area contributed by atoms with Gasteiger partial charge >= 0.3 is 0 Å². The molecule has 0 amide bonds. The van der Waals surface area contributed by atoms with Crippen molar-refractivity contribution < 1.29 is 13.9 Å². The van der Waals surface area contributed by atoms with Crippen LogP contribution < -0.4 is 0 Å². The number of hydrogen-bond acceptors (Lipinski definition) is 3. The molecule has 0 aromatic heterocycles. The third kappa shape index (κ3) is 3.75. The molecule has 2 aliphatic rings. The lowest BCUT2D eigenvalue weighted by atomic mass is 10.0. The molecule has 6 heteroatoms. The molecule has 0 radical (unpaired) electrons. The molecule has 2 aliphatic heterocycles. The van der Waals surface area contributed by atoms with Crippen molar-refractivity contribution in [2.75, 3.05) is 0 Å². The van der Waals surface area contributed by atoms with E-state index in [1.54, 1.807) is 12.1 Å². The molecule has 3 aromatic rings. The summed E-state index contributed by atoms with van der Waals surface area (Å²) in [5.41, 5.74) is 4.48. The van der Waals surface area contributed by atoms with Crippen molar-refractivity contribution in [2.24, 2.45) is 0 Å². The Hall–Kier alpha value is -4.06. The molecule has 152 valence electrons. The van der Waals surface area contributed by atoms with E-state index < -0.39 is 11.6 Å². The van der Waals surface area contributed by atoms with Gasteiger partial charge in [-0.25, -0.2) is 18.7 Å². The average molecular weight is 413 g/mol. The Kier molecular flexibility index (Phi) is 4.67. The predicted molar refractivity (Wildman–Crippen MR) is 115 cm³/mol. The average Bonchev–Trinajstić information content (AvgIpc) is 3.20. The number of benzene rings is 3. The van der Waals surface area contributed by atoms with Gasteiger partial charge in [-0.3, -0.25) is 0 Å². The third-order valence-corrected chi connectivity index (χ3v) is 5.14. The van der Waals surface area contributed by atoms with E-state index in [1.165, 1.54) is 12.1 Å². The topological polar surface area (TPSA) is 50.9 Å². The van der Waals surface area contributed by atoms with Gasteiger partial charge in [0.1, 0.15) is 11.4 Å². The zero-order chi connectivity index (χ0) is 21.4. The normalized spacial score (nSPS) is 11.2. The van der Waals surface area contributed by atoms with Gasteiger partial charge in [-0.2, -0.15) is 0 Å². The quantitative estimate of drug-likeness (QED) is 0.408. The van der Waals surface area contributed by atoms with Gasteiger partial charge < -0.3 is 9.67 Å². The van der Waals surface area contributed by atoms with Crippen LogP contribution in [0.2, 0.25) is 0 Å². The van der Waals surface area contributed by atoms with Crippen LogP contribution in [0.5, 0.6) is 5.75 Å². The molecule has 0 bridgehead atoms.